The number of benzene rings is 2. The molecule has 2 atom stereocenters. The van der Waals surface area contributed by atoms with E-state index in [0.29, 0.717) is 23.3 Å². The predicted octanol–water partition coefficient (Wildman–Crippen LogP) is 3.42. The Kier molecular flexibility index (Phi) is 6.14. The topological polar surface area (TPSA) is 66.5 Å². The van der Waals surface area contributed by atoms with Crippen LogP contribution in [0.4, 0.5) is 4.39 Å². The molecular formula is C21H21FN2O3S. The zero-order chi connectivity index (χ0) is 20.3. The summed E-state index contributed by atoms with van der Waals surface area (Å²) in [7, 11) is 0. The van der Waals surface area contributed by atoms with Gasteiger partial charge >= 0.3 is 0 Å². The number of nitrogens with zero attached hydrogens (tertiary/aromatic N) is 1. The molecule has 0 spiro atoms. The van der Waals surface area contributed by atoms with Gasteiger partial charge in [-0.1, -0.05) is 24.3 Å². The Morgan fingerprint density at radius 3 is 2.18 bits per heavy atom. The Bertz CT molecular complexity index is 866. The second kappa shape index (κ2) is 8.56. The molecule has 2 aromatic rings. The van der Waals surface area contributed by atoms with Gasteiger partial charge in [0, 0.05) is 0 Å². The number of halogens is 1. The van der Waals surface area contributed by atoms with Crippen LogP contribution < -0.4 is 5.32 Å². The summed E-state index contributed by atoms with van der Waals surface area (Å²) in [6.45, 7) is 1.78. The zero-order valence-electron chi connectivity index (χ0n) is 15.6. The van der Waals surface area contributed by atoms with E-state index in [1.165, 1.54) is 23.9 Å². The number of rotatable bonds is 7. The van der Waals surface area contributed by atoms with Gasteiger partial charge in [-0.3, -0.25) is 19.3 Å². The first kappa shape index (κ1) is 20.1. The molecule has 0 radical (unpaired) electrons. The molecule has 1 aliphatic heterocycles. The van der Waals surface area contributed by atoms with E-state index in [0.717, 1.165) is 10.5 Å². The van der Waals surface area contributed by atoms with Crippen LogP contribution in [0.15, 0.2) is 48.5 Å². The van der Waals surface area contributed by atoms with Crippen molar-refractivity contribution < 1.29 is 18.8 Å². The van der Waals surface area contributed by atoms with Crippen LogP contribution in [0.5, 0.6) is 0 Å². The van der Waals surface area contributed by atoms with Crippen molar-refractivity contribution in [2.45, 2.75) is 25.4 Å². The summed E-state index contributed by atoms with van der Waals surface area (Å²) < 4.78 is 13.1. The first-order valence-corrected chi connectivity index (χ1v) is 10.3. The van der Waals surface area contributed by atoms with Crippen LogP contribution >= 0.6 is 11.8 Å². The lowest BCUT2D eigenvalue weighted by Crippen LogP contribution is -2.50. The number of thioether (sulfide) groups is 1. The Morgan fingerprint density at radius 1 is 1.07 bits per heavy atom. The molecule has 5 nitrogen and oxygen atoms in total. The van der Waals surface area contributed by atoms with E-state index in [-0.39, 0.29) is 11.9 Å². The molecule has 146 valence electrons. The maximum absolute atomic E-state index is 13.1. The molecule has 0 aliphatic carbocycles. The van der Waals surface area contributed by atoms with Gasteiger partial charge < -0.3 is 5.32 Å². The summed E-state index contributed by atoms with van der Waals surface area (Å²) in [5.74, 6) is -1.03. The van der Waals surface area contributed by atoms with Gasteiger partial charge in [0.2, 0.25) is 5.91 Å². The van der Waals surface area contributed by atoms with E-state index in [1.54, 1.807) is 43.3 Å². The van der Waals surface area contributed by atoms with E-state index < -0.39 is 23.8 Å². The number of carbonyl (C=O) groups excluding carboxylic acids is 3. The van der Waals surface area contributed by atoms with E-state index in [4.69, 9.17) is 0 Å². The lowest BCUT2D eigenvalue weighted by molar-refractivity contribution is -0.125. The molecular weight excluding hydrogens is 379 g/mol. The van der Waals surface area contributed by atoms with E-state index in [1.807, 2.05) is 6.26 Å². The smallest absolute Gasteiger partial charge is 0.262 e. The van der Waals surface area contributed by atoms with Crippen LogP contribution in [0.2, 0.25) is 0 Å². The monoisotopic (exact) mass is 400 g/mol. The molecule has 0 saturated heterocycles. The summed E-state index contributed by atoms with van der Waals surface area (Å²) in [5, 5.41) is 2.85. The summed E-state index contributed by atoms with van der Waals surface area (Å²) in [6.07, 6.45) is 2.26. The fourth-order valence-corrected chi connectivity index (χ4v) is 3.70. The van der Waals surface area contributed by atoms with Crippen molar-refractivity contribution >= 4 is 29.5 Å². The maximum Gasteiger partial charge on any atom is 0.262 e. The van der Waals surface area contributed by atoms with Crippen LogP contribution in [-0.4, -0.2) is 40.7 Å². The molecule has 0 saturated carbocycles. The van der Waals surface area contributed by atoms with Gasteiger partial charge in [0.05, 0.1) is 17.2 Å². The van der Waals surface area contributed by atoms with Crippen molar-refractivity contribution in [1.29, 1.82) is 0 Å². The third kappa shape index (κ3) is 3.94. The average Bonchev–Trinajstić information content (AvgIpc) is 2.94. The Morgan fingerprint density at radius 2 is 1.64 bits per heavy atom. The highest BCUT2D eigenvalue weighted by atomic mass is 32.2. The predicted molar refractivity (Wildman–Crippen MR) is 107 cm³/mol. The minimum absolute atomic E-state index is 0.320. The van der Waals surface area contributed by atoms with Crippen LogP contribution in [0.1, 0.15) is 45.7 Å². The van der Waals surface area contributed by atoms with Gasteiger partial charge in [0.25, 0.3) is 11.8 Å². The lowest BCUT2D eigenvalue weighted by Gasteiger charge is -2.27. The van der Waals surface area contributed by atoms with Crippen molar-refractivity contribution in [3.8, 4) is 0 Å². The van der Waals surface area contributed by atoms with Gasteiger partial charge in [0.15, 0.2) is 0 Å². The third-order valence-corrected chi connectivity index (χ3v) is 5.41. The maximum atomic E-state index is 13.1. The Balaban J connectivity index is 1.82. The minimum atomic E-state index is -0.900. The Labute approximate surface area is 167 Å². The highest BCUT2D eigenvalue weighted by Crippen LogP contribution is 2.26. The normalized spacial score (nSPS) is 15.3. The number of hydrogen-bond acceptors (Lipinski definition) is 4. The second-order valence-electron chi connectivity index (χ2n) is 6.60. The highest BCUT2D eigenvalue weighted by molar-refractivity contribution is 7.98. The summed E-state index contributed by atoms with van der Waals surface area (Å²) in [4.78, 5) is 39.6. The molecule has 28 heavy (non-hydrogen) atoms. The van der Waals surface area contributed by atoms with Crippen LogP contribution in [0.25, 0.3) is 0 Å². The van der Waals surface area contributed by atoms with Gasteiger partial charge in [-0.2, -0.15) is 11.8 Å². The van der Waals surface area contributed by atoms with Crippen molar-refractivity contribution in [3.05, 3.63) is 71.0 Å². The highest BCUT2D eigenvalue weighted by Gasteiger charge is 2.42. The molecule has 0 unspecified atom stereocenters. The van der Waals surface area contributed by atoms with Crippen molar-refractivity contribution in [2.24, 2.45) is 0 Å². The van der Waals surface area contributed by atoms with Gasteiger partial charge in [0.1, 0.15) is 11.9 Å². The number of hydrogen-bond donors (Lipinski definition) is 1. The summed E-state index contributed by atoms with van der Waals surface area (Å²) in [5.41, 5.74) is 1.38. The van der Waals surface area contributed by atoms with Gasteiger partial charge in [-0.05, 0) is 55.2 Å². The molecule has 3 amide bonds. The molecule has 0 aromatic heterocycles. The minimum Gasteiger partial charge on any atom is -0.348 e. The largest absolute Gasteiger partial charge is 0.348 e. The van der Waals surface area contributed by atoms with Crippen LogP contribution in [0.3, 0.4) is 0 Å². The van der Waals surface area contributed by atoms with Gasteiger partial charge in [-0.25, -0.2) is 4.39 Å². The van der Waals surface area contributed by atoms with Crippen LogP contribution in [0, 0.1) is 5.82 Å². The fraction of sp³-hybridized carbons (Fsp3) is 0.286. The summed E-state index contributed by atoms with van der Waals surface area (Å²) >= 11 is 1.54. The molecule has 2 aromatic carbocycles. The van der Waals surface area contributed by atoms with E-state index in [2.05, 4.69) is 5.32 Å². The molecule has 1 heterocycles. The third-order valence-electron chi connectivity index (χ3n) is 4.76. The van der Waals surface area contributed by atoms with Gasteiger partial charge in [-0.15, -0.1) is 0 Å². The molecule has 0 bridgehead atoms. The van der Waals surface area contributed by atoms with E-state index in [9.17, 15) is 18.8 Å². The quantitative estimate of drug-likeness (QED) is 0.724. The molecule has 3 rings (SSSR count). The summed E-state index contributed by atoms with van der Waals surface area (Å²) in [6, 6.07) is 11.1. The standard InChI is InChI=1S/C21H21FN2O3S/c1-13(14-7-9-15(22)10-8-14)23-19(25)18(11-12-28-2)24-20(26)16-5-3-4-6-17(16)21(24)27/h3-10,13,18H,11-12H2,1-2H3,(H,23,25)/t13-,18+/m1/s1. The number of fused-ring (bicyclic) bond motifs is 1. The first-order valence-electron chi connectivity index (χ1n) is 8.95. The average molecular weight is 400 g/mol. The SMILES string of the molecule is CSCC[C@@H](C(=O)N[C@H](C)c1ccc(F)cc1)N1C(=O)c2ccccc2C1=O. The molecule has 1 N–H and O–H groups in total. The number of amides is 3. The zero-order valence-corrected chi connectivity index (χ0v) is 16.5. The van der Waals surface area contributed by atoms with Crippen molar-refractivity contribution in [3.63, 3.8) is 0 Å². The number of carbonyl (C=O) groups is 3. The molecule has 1 aliphatic rings. The number of nitrogens with one attached hydrogen (secondary N) is 1. The first-order chi connectivity index (χ1) is 13.4. The van der Waals surface area contributed by atoms with E-state index >= 15 is 0 Å². The van der Waals surface area contributed by atoms with Crippen molar-refractivity contribution in [1.82, 2.24) is 10.2 Å². The second-order valence-corrected chi connectivity index (χ2v) is 7.59. The fourth-order valence-electron chi connectivity index (χ4n) is 3.24. The number of imide groups is 1. The lowest BCUT2D eigenvalue weighted by atomic mass is 10.1. The molecule has 0 fully saturated rings. The molecule has 7 heteroatoms. The van der Waals surface area contributed by atoms with Crippen molar-refractivity contribution in [2.75, 3.05) is 12.0 Å². The van der Waals surface area contributed by atoms with Crippen LogP contribution in [-0.2, 0) is 4.79 Å². The Hall–Kier alpha value is -2.67.